The fourth-order valence-corrected chi connectivity index (χ4v) is 5.47. The van der Waals surface area contributed by atoms with E-state index in [-0.39, 0.29) is 4.90 Å². The lowest BCUT2D eigenvalue weighted by molar-refractivity contribution is 0.100. The number of nitrogens with two attached hydrogens (primary N) is 1. The van der Waals surface area contributed by atoms with Gasteiger partial charge in [0.2, 0.25) is 5.91 Å². The molecule has 169 valence electrons. The van der Waals surface area contributed by atoms with Gasteiger partial charge in [0.1, 0.15) is 0 Å². The van der Waals surface area contributed by atoms with Gasteiger partial charge in [0, 0.05) is 34.2 Å². The van der Waals surface area contributed by atoms with Crippen LogP contribution in [0.5, 0.6) is 0 Å². The summed E-state index contributed by atoms with van der Waals surface area (Å²) in [6.45, 7) is 0.295. The number of sulfone groups is 1. The highest BCUT2D eigenvalue weighted by molar-refractivity contribution is 7.90. The molecule has 0 bridgehead atoms. The Morgan fingerprint density at radius 2 is 1.71 bits per heavy atom. The summed E-state index contributed by atoms with van der Waals surface area (Å²) < 4.78 is 26.9. The van der Waals surface area contributed by atoms with Gasteiger partial charge in [-0.25, -0.2) is 8.42 Å². The number of benzene rings is 4. The number of hydrogen-bond acceptors (Lipinski definition) is 3. The molecular formula is C27H20ClN2O3S. The first-order valence-electron chi connectivity index (χ1n) is 10.5. The molecule has 0 aliphatic heterocycles. The van der Waals surface area contributed by atoms with E-state index in [9.17, 15) is 13.2 Å². The summed E-state index contributed by atoms with van der Waals surface area (Å²) in [5.41, 5.74) is 10.2. The van der Waals surface area contributed by atoms with Crippen LogP contribution in [0.2, 0.25) is 5.02 Å². The summed E-state index contributed by atoms with van der Waals surface area (Å²) in [5.74, 6) is -0.531. The molecule has 1 radical (unpaired) electrons. The molecule has 2 N–H and O–H groups in total. The van der Waals surface area contributed by atoms with Gasteiger partial charge in [-0.2, -0.15) is 0 Å². The molecule has 4 aromatic carbocycles. The fourth-order valence-electron chi connectivity index (χ4n) is 4.41. The molecule has 1 aromatic heterocycles. The van der Waals surface area contributed by atoms with Crippen LogP contribution >= 0.6 is 11.6 Å². The van der Waals surface area contributed by atoms with Crippen LogP contribution in [-0.2, 0) is 16.4 Å². The van der Waals surface area contributed by atoms with Crippen LogP contribution in [0.4, 0.5) is 0 Å². The third-order valence-electron chi connectivity index (χ3n) is 5.94. The van der Waals surface area contributed by atoms with Crippen molar-refractivity contribution in [3.8, 4) is 11.1 Å². The number of amides is 1. The van der Waals surface area contributed by atoms with E-state index in [1.165, 1.54) is 6.26 Å². The summed E-state index contributed by atoms with van der Waals surface area (Å²) in [7, 11) is -3.43. The molecule has 0 saturated carbocycles. The van der Waals surface area contributed by atoms with Crippen LogP contribution < -0.4 is 5.73 Å². The number of rotatable bonds is 5. The molecule has 1 heterocycles. The lowest BCUT2D eigenvalue weighted by Gasteiger charge is -2.12. The second kappa shape index (κ2) is 8.31. The highest BCUT2D eigenvalue weighted by atomic mass is 35.5. The normalized spacial score (nSPS) is 11.8. The summed E-state index contributed by atoms with van der Waals surface area (Å²) in [5, 5.41) is 2.09. The smallest absolute Gasteiger partial charge is 0.249 e. The quantitative estimate of drug-likeness (QED) is 0.357. The number of hydrogen-bond donors (Lipinski definition) is 1. The van der Waals surface area contributed by atoms with Gasteiger partial charge in [0.15, 0.2) is 9.84 Å². The van der Waals surface area contributed by atoms with Gasteiger partial charge in [0.05, 0.1) is 15.9 Å². The predicted molar refractivity (Wildman–Crippen MR) is 136 cm³/mol. The number of halogens is 1. The number of aromatic nitrogens is 1. The molecule has 0 fully saturated rings. The van der Waals surface area contributed by atoms with Crippen LogP contribution in [0, 0.1) is 6.07 Å². The molecule has 0 saturated heterocycles. The maximum absolute atomic E-state index is 12.4. The van der Waals surface area contributed by atoms with Crippen molar-refractivity contribution in [3.05, 3.63) is 101 Å². The average Bonchev–Trinajstić information content (AvgIpc) is 3.12. The average molecular weight is 488 g/mol. The molecular weight excluding hydrogens is 468 g/mol. The molecule has 0 unspecified atom stereocenters. The zero-order valence-electron chi connectivity index (χ0n) is 18.2. The number of carbonyl (C=O) groups is 1. The van der Waals surface area contributed by atoms with Gasteiger partial charge in [-0.05, 0) is 65.2 Å². The van der Waals surface area contributed by atoms with Crippen LogP contribution in [-0.4, -0.2) is 25.1 Å². The molecule has 7 heteroatoms. The Bertz CT molecular complexity index is 1690. The van der Waals surface area contributed by atoms with E-state index in [1.807, 2.05) is 53.1 Å². The van der Waals surface area contributed by atoms with Gasteiger partial charge in [-0.3, -0.25) is 4.79 Å². The Morgan fingerprint density at radius 1 is 0.971 bits per heavy atom. The van der Waals surface area contributed by atoms with Gasteiger partial charge in [-0.15, -0.1) is 0 Å². The van der Waals surface area contributed by atoms with Crippen molar-refractivity contribution in [2.24, 2.45) is 5.73 Å². The lowest BCUT2D eigenvalue weighted by Crippen LogP contribution is -2.11. The minimum absolute atomic E-state index is 0.272. The van der Waals surface area contributed by atoms with E-state index in [4.69, 9.17) is 17.3 Å². The van der Waals surface area contributed by atoms with Crippen molar-refractivity contribution in [1.82, 2.24) is 4.57 Å². The van der Waals surface area contributed by atoms with Crippen LogP contribution in [0.1, 0.15) is 15.9 Å². The van der Waals surface area contributed by atoms with E-state index < -0.39 is 15.7 Å². The van der Waals surface area contributed by atoms with Crippen molar-refractivity contribution >= 4 is 49.2 Å². The SMILES string of the molecule is CS(=O)(=O)c1ccccc1Cn1c2cc(-c3ccc(Cl)cc3)c[c]c2c2c(C(N)=O)cccc21. The zero-order valence-corrected chi connectivity index (χ0v) is 19.8. The van der Waals surface area contributed by atoms with E-state index in [2.05, 4.69) is 6.07 Å². The largest absolute Gasteiger partial charge is 0.366 e. The highest BCUT2D eigenvalue weighted by Gasteiger charge is 2.19. The maximum atomic E-state index is 12.4. The standard InChI is InChI=1S/C27H20ClN2O3S/c1-34(32,33)25-8-3-2-5-19(25)16-30-23-7-4-6-22(27(29)31)26(23)21-14-11-18(15-24(21)30)17-9-12-20(28)13-10-17/h2-13,15H,16H2,1H3,(H2,29,31). The molecule has 5 rings (SSSR count). The molecule has 0 aliphatic carbocycles. The Hall–Kier alpha value is -3.61. The zero-order chi connectivity index (χ0) is 24.0. The van der Waals surface area contributed by atoms with E-state index in [0.717, 1.165) is 27.5 Å². The molecule has 0 atom stereocenters. The van der Waals surface area contributed by atoms with E-state index in [0.29, 0.717) is 28.1 Å². The first-order valence-corrected chi connectivity index (χ1v) is 12.8. The molecule has 34 heavy (non-hydrogen) atoms. The third kappa shape index (κ3) is 3.85. The summed E-state index contributed by atoms with van der Waals surface area (Å²) in [6, 6.07) is 27.1. The molecule has 5 aromatic rings. The highest BCUT2D eigenvalue weighted by Crippen LogP contribution is 2.35. The van der Waals surface area contributed by atoms with Crippen LogP contribution in [0.3, 0.4) is 0 Å². The van der Waals surface area contributed by atoms with Crippen molar-refractivity contribution in [2.45, 2.75) is 11.4 Å². The van der Waals surface area contributed by atoms with Crippen LogP contribution in [0.25, 0.3) is 32.9 Å². The van der Waals surface area contributed by atoms with Crippen molar-refractivity contribution < 1.29 is 13.2 Å². The first kappa shape index (κ1) is 22.2. The maximum Gasteiger partial charge on any atom is 0.249 e. The van der Waals surface area contributed by atoms with E-state index >= 15 is 0 Å². The number of fused-ring (bicyclic) bond motifs is 3. The molecule has 1 amide bonds. The minimum atomic E-state index is -3.43. The van der Waals surface area contributed by atoms with Gasteiger partial charge >= 0.3 is 0 Å². The monoisotopic (exact) mass is 487 g/mol. The second-order valence-corrected chi connectivity index (χ2v) is 10.6. The molecule has 5 nitrogen and oxygen atoms in total. The van der Waals surface area contributed by atoms with Gasteiger partial charge in [0.25, 0.3) is 0 Å². The Balaban J connectivity index is 1.82. The Labute approximate surface area is 202 Å². The van der Waals surface area contributed by atoms with Gasteiger partial charge < -0.3 is 10.3 Å². The third-order valence-corrected chi connectivity index (χ3v) is 7.39. The van der Waals surface area contributed by atoms with E-state index in [1.54, 1.807) is 30.3 Å². The van der Waals surface area contributed by atoms with Crippen molar-refractivity contribution in [2.75, 3.05) is 6.26 Å². The second-order valence-electron chi connectivity index (χ2n) is 8.19. The fraction of sp³-hybridized carbons (Fsp3) is 0.0741. The lowest BCUT2D eigenvalue weighted by atomic mass is 10.0. The minimum Gasteiger partial charge on any atom is -0.366 e. The molecule has 0 spiro atoms. The van der Waals surface area contributed by atoms with Gasteiger partial charge in [-0.1, -0.05) is 48.0 Å². The van der Waals surface area contributed by atoms with Crippen LogP contribution in [0.15, 0.2) is 83.8 Å². The summed E-state index contributed by atoms with van der Waals surface area (Å²) in [6.07, 6.45) is 1.20. The topological polar surface area (TPSA) is 82.2 Å². The van der Waals surface area contributed by atoms with Crippen molar-refractivity contribution in [1.29, 1.82) is 0 Å². The number of nitrogens with zero attached hydrogens (tertiary/aromatic N) is 1. The molecule has 0 aliphatic rings. The predicted octanol–water partition coefficient (Wildman–Crippen LogP) is 5.47. The Kier molecular flexibility index (Phi) is 5.42. The summed E-state index contributed by atoms with van der Waals surface area (Å²) >= 11 is 6.06. The van der Waals surface area contributed by atoms with Crippen molar-refractivity contribution in [3.63, 3.8) is 0 Å². The first-order chi connectivity index (χ1) is 16.2. The summed E-state index contributed by atoms with van der Waals surface area (Å²) in [4.78, 5) is 12.5. The number of primary amides is 1. The number of carbonyl (C=O) groups excluding carboxylic acids is 1. The Morgan fingerprint density at radius 3 is 2.41 bits per heavy atom.